The number of hydrogen-bond acceptors (Lipinski definition) is 5. The lowest BCUT2D eigenvalue weighted by Gasteiger charge is -2.28. The lowest BCUT2D eigenvalue weighted by Crippen LogP contribution is -2.45. The largest absolute Gasteiger partial charge is 0.378 e. The van der Waals surface area contributed by atoms with Crippen molar-refractivity contribution < 1.29 is 9.53 Å². The van der Waals surface area contributed by atoms with Crippen molar-refractivity contribution in [1.29, 1.82) is 0 Å². The summed E-state index contributed by atoms with van der Waals surface area (Å²) in [6.07, 6.45) is 1.70. The zero-order valence-corrected chi connectivity index (χ0v) is 13.2. The number of nitrogens with zero attached hydrogens (tertiary/aromatic N) is 5. The van der Waals surface area contributed by atoms with Gasteiger partial charge in [-0.15, -0.1) is 5.10 Å². The van der Waals surface area contributed by atoms with Crippen LogP contribution in [0.2, 0.25) is 0 Å². The fourth-order valence-electron chi connectivity index (χ4n) is 2.60. The number of fused-ring (bicyclic) bond motifs is 1. The van der Waals surface area contributed by atoms with E-state index in [0.29, 0.717) is 51.6 Å². The number of carbonyl (C=O) groups is 1. The highest BCUT2D eigenvalue weighted by molar-refractivity contribution is 5.78. The third kappa shape index (κ3) is 3.59. The normalized spacial score (nSPS) is 15.5. The fourth-order valence-corrected chi connectivity index (χ4v) is 2.60. The topological polar surface area (TPSA) is 72.1 Å². The Morgan fingerprint density at radius 1 is 1.35 bits per heavy atom. The summed E-state index contributed by atoms with van der Waals surface area (Å²) >= 11 is 0. The zero-order chi connectivity index (χ0) is 16.2. The Balaban J connectivity index is 1.55. The third-order valence-electron chi connectivity index (χ3n) is 3.95. The second-order valence-corrected chi connectivity index (χ2v) is 5.67. The van der Waals surface area contributed by atoms with Gasteiger partial charge < -0.3 is 9.64 Å². The zero-order valence-electron chi connectivity index (χ0n) is 13.2. The summed E-state index contributed by atoms with van der Waals surface area (Å²) < 4.78 is 8.19. The molecule has 3 rings (SSSR count). The molecule has 124 valence electrons. The van der Waals surface area contributed by atoms with Crippen LogP contribution < -0.4 is 5.69 Å². The standard InChI is InChI=1S/C15H21N5O3/c1-17(12-14(21)18-8-10-23-11-9-18)6-7-20-15(22)19-5-3-2-4-13(19)16-20/h2-5H,6-12H2,1H3. The lowest BCUT2D eigenvalue weighted by molar-refractivity contribution is -0.136. The molecule has 8 nitrogen and oxygen atoms in total. The van der Waals surface area contributed by atoms with E-state index < -0.39 is 0 Å². The van der Waals surface area contributed by atoms with Crippen molar-refractivity contribution in [2.24, 2.45) is 0 Å². The molecule has 23 heavy (non-hydrogen) atoms. The molecule has 0 N–H and O–H groups in total. The first kappa shape index (κ1) is 15.7. The number of carbonyl (C=O) groups excluding carboxylic acids is 1. The minimum Gasteiger partial charge on any atom is -0.378 e. The molecule has 0 atom stereocenters. The van der Waals surface area contributed by atoms with Crippen molar-refractivity contribution in [3.05, 3.63) is 34.9 Å². The van der Waals surface area contributed by atoms with E-state index in [2.05, 4.69) is 5.10 Å². The van der Waals surface area contributed by atoms with Crippen molar-refractivity contribution in [2.75, 3.05) is 46.4 Å². The highest BCUT2D eigenvalue weighted by atomic mass is 16.5. The van der Waals surface area contributed by atoms with Crippen LogP contribution in [0.3, 0.4) is 0 Å². The van der Waals surface area contributed by atoms with Gasteiger partial charge in [0, 0.05) is 25.8 Å². The number of likely N-dealkylation sites (N-methyl/N-ethyl adjacent to an activating group) is 1. The van der Waals surface area contributed by atoms with Crippen molar-refractivity contribution in [2.45, 2.75) is 6.54 Å². The summed E-state index contributed by atoms with van der Waals surface area (Å²) in [7, 11) is 1.87. The first-order chi connectivity index (χ1) is 11.1. The molecule has 0 aliphatic carbocycles. The first-order valence-electron chi connectivity index (χ1n) is 7.73. The van der Waals surface area contributed by atoms with Crippen LogP contribution in [0.5, 0.6) is 0 Å². The van der Waals surface area contributed by atoms with Crippen molar-refractivity contribution in [3.63, 3.8) is 0 Å². The quantitative estimate of drug-likeness (QED) is 0.728. The van der Waals surface area contributed by atoms with Crippen LogP contribution in [0.25, 0.3) is 5.65 Å². The molecule has 1 saturated heterocycles. The maximum atomic E-state index is 12.2. The van der Waals surface area contributed by atoms with E-state index in [1.807, 2.05) is 22.9 Å². The Morgan fingerprint density at radius 2 is 2.13 bits per heavy atom. The van der Waals surface area contributed by atoms with Crippen LogP contribution in [0.1, 0.15) is 0 Å². The number of ether oxygens (including phenoxy) is 1. The Morgan fingerprint density at radius 3 is 2.87 bits per heavy atom. The molecule has 2 aromatic heterocycles. The number of rotatable bonds is 5. The average Bonchev–Trinajstić information content (AvgIpc) is 2.90. The Bertz CT molecular complexity index is 732. The van der Waals surface area contributed by atoms with Gasteiger partial charge in [0.05, 0.1) is 26.3 Å². The van der Waals surface area contributed by atoms with E-state index in [1.165, 1.54) is 9.08 Å². The van der Waals surface area contributed by atoms with E-state index in [1.54, 1.807) is 18.3 Å². The van der Waals surface area contributed by atoms with Gasteiger partial charge in [0.1, 0.15) is 0 Å². The molecular weight excluding hydrogens is 298 g/mol. The summed E-state index contributed by atoms with van der Waals surface area (Å²) in [6, 6.07) is 5.44. The Kier molecular flexibility index (Phi) is 4.73. The second-order valence-electron chi connectivity index (χ2n) is 5.67. The molecule has 3 heterocycles. The van der Waals surface area contributed by atoms with E-state index in [4.69, 9.17) is 4.74 Å². The Hall–Kier alpha value is -2.19. The van der Waals surface area contributed by atoms with Crippen LogP contribution in [0.4, 0.5) is 0 Å². The number of morpholine rings is 1. The second kappa shape index (κ2) is 6.93. The smallest absolute Gasteiger partial charge is 0.350 e. The Labute approximate surface area is 133 Å². The predicted molar refractivity (Wildman–Crippen MR) is 84.3 cm³/mol. The SMILES string of the molecule is CN(CCn1nc2ccccn2c1=O)CC(=O)N1CCOCC1. The summed E-state index contributed by atoms with van der Waals surface area (Å²) in [5, 5.41) is 4.28. The van der Waals surface area contributed by atoms with Crippen LogP contribution in [0.15, 0.2) is 29.2 Å². The summed E-state index contributed by atoms with van der Waals surface area (Å²) in [6.45, 7) is 3.88. The van der Waals surface area contributed by atoms with Crippen molar-refractivity contribution in [3.8, 4) is 0 Å². The molecule has 8 heteroatoms. The van der Waals surface area contributed by atoms with Gasteiger partial charge in [0.15, 0.2) is 5.65 Å². The van der Waals surface area contributed by atoms with Gasteiger partial charge in [-0.05, 0) is 19.2 Å². The number of pyridine rings is 1. The van der Waals surface area contributed by atoms with Crippen molar-refractivity contribution >= 4 is 11.6 Å². The number of aromatic nitrogens is 3. The number of amides is 1. The van der Waals surface area contributed by atoms with Gasteiger partial charge in [-0.3, -0.25) is 14.1 Å². The molecular formula is C15H21N5O3. The average molecular weight is 319 g/mol. The molecule has 1 amide bonds. The monoisotopic (exact) mass is 319 g/mol. The summed E-state index contributed by atoms with van der Waals surface area (Å²) in [5.41, 5.74) is 0.470. The predicted octanol–water partition coefficient (Wildman–Crippen LogP) is -0.713. The van der Waals surface area contributed by atoms with Gasteiger partial charge >= 0.3 is 5.69 Å². The molecule has 0 saturated carbocycles. The summed E-state index contributed by atoms with van der Waals surface area (Å²) in [5.74, 6) is 0.0955. The van der Waals surface area contributed by atoms with Crippen molar-refractivity contribution in [1.82, 2.24) is 24.0 Å². The van der Waals surface area contributed by atoms with Gasteiger partial charge in [-0.25, -0.2) is 9.48 Å². The van der Waals surface area contributed by atoms with Crippen LogP contribution in [-0.2, 0) is 16.1 Å². The minimum absolute atomic E-state index is 0.0955. The van der Waals surface area contributed by atoms with E-state index in [-0.39, 0.29) is 11.6 Å². The summed E-state index contributed by atoms with van der Waals surface area (Å²) in [4.78, 5) is 28.1. The highest BCUT2D eigenvalue weighted by Gasteiger charge is 2.18. The molecule has 1 fully saturated rings. The maximum absolute atomic E-state index is 12.2. The molecule has 0 spiro atoms. The van der Waals surface area contributed by atoms with Gasteiger partial charge in [0.25, 0.3) is 0 Å². The van der Waals surface area contributed by atoms with E-state index >= 15 is 0 Å². The fraction of sp³-hybridized carbons (Fsp3) is 0.533. The maximum Gasteiger partial charge on any atom is 0.350 e. The van der Waals surface area contributed by atoms with Crippen LogP contribution in [-0.4, -0.2) is 76.3 Å². The molecule has 0 radical (unpaired) electrons. The first-order valence-corrected chi connectivity index (χ1v) is 7.73. The molecule has 1 aliphatic rings. The van der Waals surface area contributed by atoms with Gasteiger partial charge in [-0.1, -0.05) is 6.07 Å². The molecule has 0 aromatic carbocycles. The minimum atomic E-state index is -0.159. The van der Waals surface area contributed by atoms with E-state index in [9.17, 15) is 9.59 Å². The molecule has 0 bridgehead atoms. The third-order valence-corrected chi connectivity index (χ3v) is 3.95. The highest BCUT2D eigenvalue weighted by Crippen LogP contribution is 1.99. The lowest BCUT2D eigenvalue weighted by atomic mass is 10.4. The van der Waals surface area contributed by atoms with Crippen LogP contribution in [0, 0.1) is 0 Å². The number of hydrogen-bond donors (Lipinski definition) is 0. The molecule has 1 aliphatic heterocycles. The van der Waals surface area contributed by atoms with Gasteiger partial charge in [0.2, 0.25) is 5.91 Å². The van der Waals surface area contributed by atoms with Crippen LogP contribution >= 0.6 is 0 Å². The molecule has 0 unspecified atom stereocenters. The molecule has 2 aromatic rings. The van der Waals surface area contributed by atoms with Gasteiger partial charge in [-0.2, -0.15) is 0 Å². The van der Waals surface area contributed by atoms with E-state index in [0.717, 1.165) is 0 Å².